The lowest BCUT2D eigenvalue weighted by Gasteiger charge is -2.13. The zero-order valence-electron chi connectivity index (χ0n) is 14.2. The summed E-state index contributed by atoms with van der Waals surface area (Å²) in [6, 6.07) is 7.74. The summed E-state index contributed by atoms with van der Waals surface area (Å²) in [5.41, 5.74) is 2.77. The fourth-order valence-corrected chi connectivity index (χ4v) is 2.83. The van der Waals surface area contributed by atoms with Crippen LogP contribution in [0.5, 0.6) is 0 Å². The van der Waals surface area contributed by atoms with Gasteiger partial charge in [-0.25, -0.2) is 9.67 Å². The number of fused-ring (bicyclic) bond motifs is 1. The van der Waals surface area contributed by atoms with E-state index in [9.17, 15) is 0 Å². The molecule has 0 radical (unpaired) electrons. The van der Waals surface area contributed by atoms with Crippen LogP contribution in [0.25, 0.3) is 11.5 Å². The van der Waals surface area contributed by atoms with Crippen molar-refractivity contribution >= 4 is 11.5 Å². The lowest BCUT2D eigenvalue weighted by Crippen LogP contribution is -2.13. The van der Waals surface area contributed by atoms with Crippen molar-refractivity contribution in [3.8, 4) is 5.82 Å². The van der Waals surface area contributed by atoms with Gasteiger partial charge in [-0.1, -0.05) is 6.07 Å². The van der Waals surface area contributed by atoms with Crippen molar-refractivity contribution in [2.45, 2.75) is 26.8 Å². The van der Waals surface area contributed by atoms with Crippen molar-refractivity contribution in [1.29, 1.82) is 0 Å². The SMILES string of the molecule is Cc1cc(C)n(-c2cncc(N[C@H](C)c3nnc4ccccn34)n2)n1. The molecule has 1 N–H and O–H groups in total. The van der Waals surface area contributed by atoms with E-state index in [1.165, 1.54) is 0 Å². The van der Waals surface area contributed by atoms with Gasteiger partial charge in [0.25, 0.3) is 0 Å². The molecule has 0 aromatic carbocycles. The van der Waals surface area contributed by atoms with Gasteiger partial charge in [-0.2, -0.15) is 5.10 Å². The first-order valence-corrected chi connectivity index (χ1v) is 8.04. The van der Waals surface area contributed by atoms with Gasteiger partial charge in [0.1, 0.15) is 5.82 Å². The second-order valence-electron chi connectivity index (χ2n) is 5.95. The van der Waals surface area contributed by atoms with Crippen LogP contribution in [0.2, 0.25) is 0 Å². The van der Waals surface area contributed by atoms with Gasteiger partial charge in [0.05, 0.1) is 24.1 Å². The van der Waals surface area contributed by atoms with Crippen LogP contribution in [0, 0.1) is 13.8 Å². The summed E-state index contributed by atoms with van der Waals surface area (Å²) < 4.78 is 3.74. The first kappa shape index (κ1) is 15.3. The highest BCUT2D eigenvalue weighted by atomic mass is 15.3. The van der Waals surface area contributed by atoms with E-state index < -0.39 is 0 Å². The quantitative estimate of drug-likeness (QED) is 0.617. The highest BCUT2D eigenvalue weighted by Crippen LogP contribution is 2.18. The van der Waals surface area contributed by atoms with Crippen LogP contribution in [-0.4, -0.2) is 34.3 Å². The average molecular weight is 334 g/mol. The Morgan fingerprint density at radius 2 is 2.00 bits per heavy atom. The molecule has 0 spiro atoms. The smallest absolute Gasteiger partial charge is 0.174 e. The number of aryl methyl sites for hydroxylation is 2. The van der Waals surface area contributed by atoms with Gasteiger partial charge in [-0.3, -0.25) is 9.38 Å². The molecule has 4 aromatic heterocycles. The second kappa shape index (κ2) is 5.97. The lowest BCUT2D eigenvalue weighted by atomic mass is 10.3. The Hall–Kier alpha value is -3.29. The fraction of sp³-hybridized carbons (Fsp3) is 0.235. The van der Waals surface area contributed by atoms with E-state index in [-0.39, 0.29) is 6.04 Å². The summed E-state index contributed by atoms with van der Waals surface area (Å²) in [6.07, 6.45) is 5.33. The fourth-order valence-electron chi connectivity index (χ4n) is 2.83. The third-order valence-corrected chi connectivity index (χ3v) is 3.94. The minimum atomic E-state index is -0.0811. The number of aromatic nitrogens is 7. The molecule has 126 valence electrons. The van der Waals surface area contributed by atoms with Crippen molar-refractivity contribution < 1.29 is 0 Å². The van der Waals surface area contributed by atoms with Gasteiger partial charge in [0, 0.05) is 11.9 Å². The molecule has 0 aliphatic rings. The first-order valence-electron chi connectivity index (χ1n) is 8.04. The molecule has 4 aromatic rings. The molecule has 0 aliphatic heterocycles. The van der Waals surface area contributed by atoms with E-state index in [0.717, 1.165) is 22.9 Å². The molecule has 8 heteroatoms. The average Bonchev–Trinajstić information content (AvgIpc) is 3.18. The van der Waals surface area contributed by atoms with Crippen LogP contribution in [0.4, 0.5) is 5.82 Å². The van der Waals surface area contributed by atoms with Crippen LogP contribution in [0.3, 0.4) is 0 Å². The molecule has 1 atom stereocenters. The number of anilines is 1. The normalized spacial score (nSPS) is 12.4. The Kier molecular flexibility index (Phi) is 3.64. The van der Waals surface area contributed by atoms with E-state index in [1.54, 1.807) is 17.1 Å². The maximum absolute atomic E-state index is 4.62. The Bertz CT molecular complexity index is 1030. The predicted molar refractivity (Wildman–Crippen MR) is 93.7 cm³/mol. The monoisotopic (exact) mass is 334 g/mol. The maximum atomic E-state index is 4.62. The molecule has 0 fully saturated rings. The maximum Gasteiger partial charge on any atom is 0.174 e. The van der Waals surface area contributed by atoms with Crippen molar-refractivity contribution in [2.75, 3.05) is 5.32 Å². The summed E-state index contributed by atoms with van der Waals surface area (Å²) >= 11 is 0. The molecule has 4 heterocycles. The molecule has 0 saturated carbocycles. The third kappa shape index (κ3) is 2.82. The number of nitrogens with one attached hydrogen (secondary N) is 1. The predicted octanol–water partition coefficient (Wildman–Crippen LogP) is 2.49. The largest absolute Gasteiger partial charge is 0.359 e. The van der Waals surface area contributed by atoms with Crippen molar-refractivity contribution in [3.63, 3.8) is 0 Å². The van der Waals surface area contributed by atoms with Gasteiger partial charge in [-0.05, 0) is 39.0 Å². The molecule has 0 aliphatic carbocycles. The number of hydrogen-bond acceptors (Lipinski definition) is 6. The lowest BCUT2D eigenvalue weighted by molar-refractivity contribution is 0.758. The third-order valence-electron chi connectivity index (χ3n) is 3.94. The van der Waals surface area contributed by atoms with Gasteiger partial charge in [0.15, 0.2) is 17.3 Å². The van der Waals surface area contributed by atoms with E-state index in [1.807, 2.05) is 55.6 Å². The van der Waals surface area contributed by atoms with Crippen LogP contribution in [-0.2, 0) is 0 Å². The van der Waals surface area contributed by atoms with Crippen LogP contribution in [0.1, 0.15) is 30.2 Å². The number of hydrogen-bond donors (Lipinski definition) is 1. The van der Waals surface area contributed by atoms with Crippen LogP contribution < -0.4 is 5.32 Å². The number of rotatable bonds is 4. The summed E-state index contributed by atoms with van der Waals surface area (Å²) in [5.74, 6) is 2.15. The van der Waals surface area contributed by atoms with Gasteiger partial charge in [0.2, 0.25) is 0 Å². The Morgan fingerprint density at radius 3 is 2.80 bits per heavy atom. The summed E-state index contributed by atoms with van der Waals surface area (Å²) in [4.78, 5) is 8.90. The molecule has 4 rings (SSSR count). The summed E-state index contributed by atoms with van der Waals surface area (Å²) in [7, 11) is 0. The van der Waals surface area contributed by atoms with E-state index in [4.69, 9.17) is 0 Å². The van der Waals surface area contributed by atoms with E-state index >= 15 is 0 Å². The Balaban J connectivity index is 1.62. The molecular formula is C17H18N8. The highest BCUT2D eigenvalue weighted by Gasteiger charge is 2.14. The summed E-state index contributed by atoms with van der Waals surface area (Å²) in [5, 5.41) is 16.2. The molecular weight excluding hydrogens is 316 g/mol. The Labute approximate surface area is 144 Å². The van der Waals surface area contributed by atoms with Crippen molar-refractivity contribution in [3.05, 3.63) is 60.1 Å². The zero-order chi connectivity index (χ0) is 17.4. The number of pyridine rings is 1. The van der Waals surface area contributed by atoms with Crippen LogP contribution in [0.15, 0.2) is 42.9 Å². The minimum Gasteiger partial charge on any atom is -0.359 e. The van der Waals surface area contributed by atoms with Crippen LogP contribution >= 0.6 is 0 Å². The highest BCUT2D eigenvalue weighted by molar-refractivity contribution is 5.41. The van der Waals surface area contributed by atoms with E-state index in [2.05, 4.69) is 30.6 Å². The van der Waals surface area contributed by atoms with Gasteiger partial charge >= 0.3 is 0 Å². The molecule has 25 heavy (non-hydrogen) atoms. The van der Waals surface area contributed by atoms with Crippen molar-refractivity contribution in [1.82, 2.24) is 34.3 Å². The summed E-state index contributed by atoms with van der Waals surface area (Å²) in [6.45, 7) is 5.96. The molecule has 0 saturated heterocycles. The Morgan fingerprint density at radius 1 is 1.12 bits per heavy atom. The molecule has 0 amide bonds. The van der Waals surface area contributed by atoms with Gasteiger partial charge in [-0.15, -0.1) is 10.2 Å². The topological polar surface area (TPSA) is 85.8 Å². The van der Waals surface area contributed by atoms with Crippen molar-refractivity contribution in [2.24, 2.45) is 0 Å². The molecule has 8 nitrogen and oxygen atoms in total. The standard InChI is InChI=1S/C17H18N8/c1-11-8-12(2)25(23-11)16-10-18-9-14(20-16)19-13(3)17-22-21-15-6-4-5-7-24(15)17/h4-10,13H,1-3H3,(H,19,20)/t13-/m1/s1. The minimum absolute atomic E-state index is 0.0811. The molecule has 0 bridgehead atoms. The zero-order valence-corrected chi connectivity index (χ0v) is 14.2. The number of nitrogens with zero attached hydrogens (tertiary/aromatic N) is 7. The first-order chi connectivity index (χ1) is 12.1. The van der Waals surface area contributed by atoms with E-state index in [0.29, 0.717) is 11.6 Å². The molecule has 0 unspecified atom stereocenters. The second-order valence-corrected chi connectivity index (χ2v) is 5.95. The van der Waals surface area contributed by atoms with Gasteiger partial charge < -0.3 is 5.32 Å².